The molecule has 0 radical (unpaired) electrons. The van der Waals surface area contributed by atoms with Crippen LogP contribution in [0.25, 0.3) is 22.8 Å². The first kappa shape index (κ1) is 18.7. The summed E-state index contributed by atoms with van der Waals surface area (Å²) in [5, 5.41) is 8.05. The fraction of sp³-hybridized carbons (Fsp3) is 0.174. The van der Waals surface area contributed by atoms with E-state index in [1.54, 1.807) is 23.3 Å². The summed E-state index contributed by atoms with van der Waals surface area (Å²) in [5.74, 6) is 1.12. The Bertz CT molecular complexity index is 1050. The van der Waals surface area contributed by atoms with E-state index in [0.29, 0.717) is 29.6 Å². The van der Waals surface area contributed by atoms with Crippen LogP contribution in [0.2, 0.25) is 0 Å². The SMILES string of the molecule is CCCN(Cc1nnc(-c2ccco2)o1)C(=O)c1ccc(-c2ccccc2)cc1. The predicted octanol–water partition coefficient (Wildman–Crippen LogP) is 5.05. The summed E-state index contributed by atoms with van der Waals surface area (Å²) >= 11 is 0. The maximum atomic E-state index is 13.0. The van der Waals surface area contributed by atoms with E-state index < -0.39 is 0 Å². The quantitative estimate of drug-likeness (QED) is 0.444. The number of rotatable bonds is 7. The zero-order valence-electron chi connectivity index (χ0n) is 16.1. The summed E-state index contributed by atoms with van der Waals surface area (Å²) in [5.41, 5.74) is 2.82. The summed E-state index contributed by atoms with van der Waals surface area (Å²) in [6.07, 6.45) is 2.37. The van der Waals surface area contributed by atoms with Gasteiger partial charge in [0.25, 0.3) is 11.8 Å². The molecule has 146 valence electrons. The number of benzene rings is 2. The number of aromatic nitrogens is 2. The van der Waals surface area contributed by atoms with Crippen molar-refractivity contribution in [2.75, 3.05) is 6.54 Å². The normalized spacial score (nSPS) is 10.8. The van der Waals surface area contributed by atoms with Crippen LogP contribution in [0.3, 0.4) is 0 Å². The topological polar surface area (TPSA) is 72.4 Å². The molecule has 6 heteroatoms. The molecule has 4 rings (SSSR count). The molecule has 0 aliphatic heterocycles. The van der Waals surface area contributed by atoms with Crippen LogP contribution in [0.1, 0.15) is 29.6 Å². The van der Waals surface area contributed by atoms with Crippen molar-refractivity contribution in [1.29, 1.82) is 0 Å². The van der Waals surface area contributed by atoms with E-state index in [9.17, 15) is 4.79 Å². The molecule has 1 amide bonds. The monoisotopic (exact) mass is 387 g/mol. The molecule has 0 aliphatic rings. The first-order chi connectivity index (χ1) is 14.2. The Labute approximate surface area is 168 Å². The lowest BCUT2D eigenvalue weighted by Gasteiger charge is -2.20. The standard InChI is InChI=1S/C23H21N3O3/c1-2-14-26(16-21-24-25-22(29-21)20-9-6-15-28-20)23(27)19-12-10-18(11-13-19)17-7-4-3-5-8-17/h3-13,15H,2,14,16H2,1H3. The Morgan fingerprint density at radius 1 is 0.931 bits per heavy atom. The third kappa shape index (κ3) is 4.27. The maximum absolute atomic E-state index is 13.0. The molecular formula is C23H21N3O3. The third-order valence-corrected chi connectivity index (χ3v) is 4.54. The van der Waals surface area contributed by atoms with Crippen molar-refractivity contribution < 1.29 is 13.6 Å². The minimum Gasteiger partial charge on any atom is -0.459 e. The average molecular weight is 387 g/mol. The highest BCUT2D eigenvalue weighted by molar-refractivity contribution is 5.94. The lowest BCUT2D eigenvalue weighted by Crippen LogP contribution is -2.31. The molecule has 0 N–H and O–H groups in total. The van der Waals surface area contributed by atoms with Crippen molar-refractivity contribution in [3.63, 3.8) is 0 Å². The van der Waals surface area contributed by atoms with Gasteiger partial charge in [0, 0.05) is 12.1 Å². The molecule has 6 nitrogen and oxygen atoms in total. The van der Waals surface area contributed by atoms with Gasteiger partial charge in [-0.15, -0.1) is 10.2 Å². The van der Waals surface area contributed by atoms with Gasteiger partial charge in [0.15, 0.2) is 5.76 Å². The van der Waals surface area contributed by atoms with E-state index in [2.05, 4.69) is 10.2 Å². The Hall–Kier alpha value is -3.67. The van der Waals surface area contributed by atoms with Crippen molar-refractivity contribution >= 4 is 5.91 Å². The maximum Gasteiger partial charge on any atom is 0.283 e. The second kappa shape index (κ2) is 8.56. The van der Waals surface area contributed by atoms with Gasteiger partial charge in [-0.1, -0.05) is 49.4 Å². The highest BCUT2D eigenvalue weighted by Gasteiger charge is 2.19. The van der Waals surface area contributed by atoms with Crippen LogP contribution in [0.4, 0.5) is 0 Å². The largest absolute Gasteiger partial charge is 0.459 e. The Morgan fingerprint density at radius 3 is 2.38 bits per heavy atom. The molecule has 0 aliphatic carbocycles. The van der Waals surface area contributed by atoms with E-state index in [-0.39, 0.29) is 12.5 Å². The lowest BCUT2D eigenvalue weighted by molar-refractivity contribution is 0.0728. The molecule has 0 atom stereocenters. The number of nitrogens with zero attached hydrogens (tertiary/aromatic N) is 3. The highest BCUT2D eigenvalue weighted by Crippen LogP contribution is 2.21. The molecule has 2 heterocycles. The van der Waals surface area contributed by atoms with Gasteiger partial charge in [0.1, 0.15) is 0 Å². The molecule has 29 heavy (non-hydrogen) atoms. The number of carbonyl (C=O) groups is 1. The van der Waals surface area contributed by atoms with E-state index in [1.807, 2.05) is 61.5 Å². The van der Waals surface area contributed by atoms with Crippen molar-refractivity contribution in [2.45, 2.75) is 19.9 Å². The van der Waals surface area contributed by atoms with E-state index in [1.165, 1.54) is 0 Å². The molecule has 2 aromatic carbocycles. The molecule has 0 fully saturated rings. The fourth-order valence-corrected chi connectivity index (χ4v) is 3.12. The lowest BCUT2D eigenvalue weighted by atomic mass is 10.0. The second-order valence-electron chi connectivity index (χ2n) is 6.65. The third-order valence-electron chi connectivity index (χ3n) is 4.54. The van der Waals surface area contributed by atoms with Crippen LogP contribution in [0, 0.1) is 0 Å². The Morgan fingerprint density at radius 2 is 1.69 bits per heavy atom. The molecule has 2 aromatic heterocycles. The second-order valence-corrected chi connectivity index (χ2v) is 6.65. The molecule has 4 aromatic rings. The fourth-order valence-electron chi connectivity index (χ4n) is 3.12. The molecule has 0 saturated carbocycles. The van der Waals surface area contributed by atoms with Gasteiger partial charge in [-0.05, 0) is 41.8 Å². The summed E-state index contributed by atoms with van der Waals surface area (Å²) in [6, 6.07) is 21.2. The Kier molecular flexibility index (Phi) is 5.52. The van der Waals surface area contributed by atoms with Crippen LogP contribution >= 0.6 is 0 Å². The van der Waals surface area contributed by atoms with Gasteiger partial charge in [0.2, 0.25) is 5.89 Å². The number of amides is 1. The summed E-state index contributed by atoms with van der Waals surface area (Å²) in [7, 11) is 0. The van der Waals surface area contributed by atoms with E-state index in [4.69, 9.17) is 8.83 Å². The number of hydrogen-bond acceptors (Lipinski definition) is 5. The number of hydrogen-bond donors (Lipinski definition) is 0. The van der Waals surface area contributed by atoms with Gasteiger partial charge in [-0.2, -0.15) is 0 Å². The first-order valence-corrected chi connectivity index (χ1v) is 9.55. The molecule has 0 unspecified atom stereocenters. The number of furan rings is 1. The zero-order valence-corrected chi connectivity index (χ0v) is 16.1. The van der Waals surface area contributed by atoms with Gasteiger partial charge in [-0.3, -0.25) is 4.79 Å². The predicted molar refractivity (Wildman–Crippen MR) is 109 cm³/mol. The average Bonchev–Trinajstić information content (AvgIpc) is 3.46. The van der Waals surface area contributed by atoms with Crippen LogP contribution in [-0.4, -0.2) is 27.5 Å². The van der Waals surface area contributed by atoms with Gasteiger partial charge < -0.3 is 13.7 Å². The summed E-state index contributed by atoms with van der Waals surface area (Å²) < 4.78 is 10.9. The van der Waals surface area contributed by atoms with Crippen LogP contribution in [-0.2, 0) is 6.54 Å². The summed E-state index contributed by atoms with van der Waals surface area (Å²) in [4.78, 5) is 14.8. The molecule has 0 saturated heterocycles. The van der Waals surface area contributed by atoms with Gasteiger partial charge in [0.05, 0.1) is 12.8 Å². The van der Waals surface area contributed by atoms with Crippen molar-refractivity contribution in [3.05, 3.63) is 84.4 Å². The zero-order chi connectivity index (χ0) is 20.1. The van der Waals surface area contributed by atoms with E-state index in [0.717, 1.165) is 17.5 Å². The first-order valence-electron chi connectivity index (χ1n) is 9.55. The Balaban J connectivity index is 1.50. The van der Waals surface area contributed by atoms with Gasteiger partial charge >= 0.3 is 0 Å². The van der Waals surface area contributed by atoms with E-state index >= 15 is 0 Å². The number of carbonyl (C=O) groups excluding carboxylic acids is 1. The molecular weight excluding hydrogens is 366 g/mol. The van der Waals surface area contributed by atoms with Crippen molar-refractivity contribution in [1.82, 2.24) is 15.1 Å². The van der Waals surface area contributed by atoms with Crippen LogP contribution in [0.5, 0.6) is 0 Å². The highest BCUT2D eigenvalue weighted by atomic mass is 16.4. The molecule has 0 spiro atoms. The van der Waals surface area contributed by atoms with Gasteiger partial charge in [-0.25, -0.2) is 0 Å². The minimum atomic E-state index is -0.0655. The van der Waals surface area contributed by atoms with Crippen LogP contribution in [0.15, 0.2) is 81.8 Å². The molecule has 0 bridgehead atoms. The van der Waals surface area contributed by atoms with Crippen molar-refractivity contribution in [2.24, 2.45) is 0 Å². The van der Waals surface area contributed by atoms with Crippen molar-refractivity contribution in [3.8, 4) is 22.8 Å². The smallest absolute Gasteiger partial charge is 0.283 e. The van der Waals surface area contributed by atoms with Crippen LogP contribution < -0.4 is 0 Å². The summed E-state index contributed by atoms with van der Waals surface area (Å²) in [6.45, 7) is 2.87. The minimum absolute atomic E-state index is 0.0655.